The number of H-pyrrole nitrogens is 4. The van der Waals surface area contributed by atoms with Crippen LogP contribution in [0.15, 0.2) is 86.0 Å². The second-order valence-corrected chi connectivity index (χ2v) is 21.9. The summed E-state index contributed by atoms with van der Waals surface area (Å²) in [5.41, 5.74) is 9.01. The molecule has 8 rings (SSSR count). The number of carboxylic acid groups (broad SMARTS) is 1. The van der Waals surface area contributed by atoms with Crippen LogP contribution in [0.4, 0.5) is 0 Å². The van der Waals surface area contributed by atoms with E-state index in [0.717, 1.165) is 0 Å². The first-order valence-electron chi connectivity index (χ1n) is 29.5. The molecule has 0 bridgehead atoms. The molecule has 2 aliphatic heterocycles. The van der Waals surface area contributed by atoms with E-state index in [2.05, 4.69) is 77.8 Å². The third-order valence-corrected chi connectivity index (χ3v) is 15.6. The number of aromatic amines is 4. The number of nitrogens with one attached hydrogen (secondary N) is 13. The molecule has 0 saturated carbocycles. The number of para-hydroxylation sites is 2. The number of fused-ring (bicyclic) bond motifs is 2. The lowest BCUT2D eigenvalue weighted by Gasteiger charge is -2.30. The fourth-order valence-corrected chi connectivity index (χ4v) is 11.0. The number of aliphatic hydroxyl groups is 1. The Morgan fingerprint density at radius 1 is 0.618 bits per heavy atom. The van der Waals surface area contributed by atoms with Crippen LogP contribution >= 0.6 is 0 Å². The quantitative estimate of drug-likeness (QED) is 0.0199. The van der Waals surface area contributed by atoms with Gasteiger partial charge in [-0.15, -0.1) is 0 Å². The number of likely N-dealkylation sites (tertiary alicyclic amines) is 1. The summed E-state index contributed by atoms with van der Waals surface area (Å²) < 4.78 is 0. The molecule has 30 heteroatoms. The zero-order valence-electron chi connectivity index (χ0n) is 48.9. The van der Waals surface area contributed by atoms with E-state index in [1.165, 1.54) is 29.9 Å². The van der Waals surface area contributed by atoms with Crippen molar-refractivity contribution in [3.8, 4) is 0 Å². The number of aliphatic carboxylic acids is 1. The lowest BCUT2D eigenvalue weighted by Crippen LogP contribution is -2.61. The summed E-state index contributed by atoms with van der Waals surface area (Å²) in [6, 6.07) is 1.59. The van der Waals surface area contributed by atoms with Crippen LogP contribution in [0.25, 0.3) is 21.8 Å². The number of aliphatic hydroxyl groups excluding tert-OH is 1. The molecular weight excluding hydrogens is 1150 g/mol. The number of carboxylic acids is 1. The van der Waals surface area contributed by atoms with Gasteiger partial charge in [0.2, 0.25) is 59.1 Å². The topological polar surface area (TPSA) is 455 Å². The van der Waals surface area contributed by atoms with Crippen molar-refractivity contribution in [3.05, 3.63) is 108 Å². The van der Waals surface area contributed by atoms with Crippen LogP contribution in [0.2, 0.25) is 0 Å². The van der Waals surface area contributed by atoms with E-state index in [1.54, 1.807) is 67.8 Å². The number of nitrogens with zero attached hydrogens (tertiary/aromatic N) is 3. The summed E-state index contributed by atoms with van der Waals surface area (Å²) in [5.74, 6) is -9.49. The summed E-state index contributed by atoms with van der Waals surface area (Å²) in [4.78, 5) is 174. The van der Waals surface area contributed by atoms with Crippen molar-refractivity contribution in [1.82, 2.24) is 82.7 Å². The van der Waals surface area contributed by atoms with Crippen molar-refractivity contribution in [2.24, 2.45) is 5.73 Å². The van der Waals surface area contributed by atoms with Crippen LogP contribution in [0, 0.1) is 0 Å². The Hall–Kier alpha value is -9.97. The summed E-state index contributed by atoms with van der Waals surface area (Å²) in [7, 11) is 0. The van der Waals surface area contributed by atoms with E-state index < -0.39 is 121 Å². The summed E-state index contributed by atoms with van der Waals surface area (Å²) in [6.45, 7) is 1.57. The number of carbonyl (C=O) groups excluding carboxylic acids is 10. The van der Waals surface area contributed by atoms with E-state index in [9.17, 15) is 63.0 Å². The highest BCUT2D eigenvalue weighted by molar-refractivity contribution is 6.00. The van der Waals surface area contributed by atoms with Gasteiger partial charge in [-0.1, -0.05) is 36.4 Å². The van der Waals surface area contributed by atoms with E-state index >= 15 is 0 Å². The van der Waals surface area contributed by atoms with Gasteiger partial charge in [0.15, 0.2) is 0 Å². The Labute approximate surface area is 509 Å². The Kier molecular flexibility index (Phi) is 22.7. The van der Waals surface area contributed by atoms with Gasteiger partial charge in [-0.2, -0.15) is 0 Å². The normalized spacial score (nSPS) is 17.0. The highest BCUT2D eigenvalue weighted by Crippen LogP contribution is 2.23. The number of aromatic nitrogens is 6. The molecule has 0 radical (unpaired) electrons. The number of nitrogens with two attached hydrogens (primary N) is 1. The summed E-state index contributed by atoms with van der Waals surface area (Å²) in [5, 5.41) is 45.7. The van der Waals surface area contributed by atoms with Crippen molar-refractivity contribution in [2.45, 2.75) is 138 Å². The van der Waals surface area contributed by atoms with E-state index in [4.69, 9.17) is 5.73 Å². The molecule has 89 heavy (non-hydrogen) atoms. The first kappa shape index (κ1) is 65.0. The van der Waals surface area contributed by atoms with E-state index in [-0.39, 0.29) is 69.0 Å². The molecule has 2 aromatic carbocycles. The molecule has 2 aliphatic rings. The molecule has 0 unspecified atom stereocenters. The van der Waals surface area contributed by atoms with Gasteiger partial charge in [0.25, 0.3) is 0 Å². The molecule has 6 aromatic rings. The lowest BCUT2D eigenvalue weighted by atomic mass is 10.0. The van der Waals surface area contributed by atoms with Gasteiger partial charge >= 0.3 is 5.97 Å². The highest BCUT2D eigenvalue weighted by Gasteiger charge is 2.40. The summed E-state index contributed by atoms with van der Waals surface area (Å²) in [6.07, 6.45) is 8.99. The Morgan fingerprint density at radius 3 is 1.61 bits per heavy atom. The molecule has 17 N–H and O–H groups in total. The largest absolute Gasteiger partial charge is 0.481 e. The standard InChI is InChI=1S/C59H75N17O13/c1-2-63-58(88)48-15-9-19-76(48)59(89)41(14-7-8-18-60)69-52(82)42(20-32-25-64-38-12-5-3-10-36(32)38)71-56(86)46(24-50(79)80)74-55(85)45(23-35-28-62-31-67-35)73-57(87)47(29-77)75-53(83)43(21-33-26-65-39-13-6-4-11-37(33)39)70-54(84)44(22-34-27-61-30-66-34)72-51(81)40-16-17-49(78)68-40/h3-6,10-13,25-28,30-31,40-48,64-65,77H,2,7-9,14-24,29,60H2,1H3,(H,61,66)(H,62,67)(H,63,88)(H,68,78)(H,69,82)(H,70,84)(H,71,86)(H,72,81)(H,73,87)(H,74,85)(H,75,83)(H,79,80)/t40-,41-,42-,43-,44-,45-,46-,47-,48-/m0/s1. The third-order valence-electron chi connectivity index (χ3n) is 15.6. The van der Waals surface area contributed by atoms with Gasteiger partial charge in [-0.25, -0.2) is 9.97 Å². The molecule has 4 aromatic heterocycles. The van der Waals surface area contributed by atoms with Crippen LogP contribution in [0.3, 0.4) is 0 Å². The van der Waals surface area contributed by atoms with E-state index in [0.29, 0.717) is 77.4 Å². The average molecular weight is 1230 g/mol. The van der Waals surface area contributed by atoms with Crippen molar-refractivity contribution < 1.29 is 63.0 Å². The van der Waals surface area contributed by atoms with Gasteiger partial charge in [-0.05, 0) is 75.3 Å². The first-order chi connectivity index (χ1) is 42.9. The number of carbonyl (C=O) groups is 11. The number of rotatable bonds is 32. The van der Waals surface area contributed by atoms with Crippen molar-refractivity contribution in [1.29, 1.82) is 0 Å². The maximum atomic E-state index is 14.7. The number of unbranched alkanes of at least 4 members (excludes halogenated alkanes) is 1. The van der Waals surface area contributed by atoms with Gasteiger partial charge in [0, 0.05) is 103 Å². The predicted molar refractivity (Wildman–Crippen MR) is 319 cm³/mol. The molecule has 0 spiro atoms. The minimum atomic E-state index is -1.93. The van der Waals surface area contributed by atoms with Crippen LogP contribution in [-0.4, -0.2) is 191 Å². The molecule has 2 fully saturated rings. The van der Waals surface area contributed by atoms with Crippen LogP contribution in [0.5, 0.6) is 0 Å². The van der Waals surface area contributed by atoms with Gasteiger partial charge < -0.3 is 88.6 Å². The Morgan fingerprint density at radius 2 is 1.11 bits per heavy atom. The Bertz CT molecular complexity index is 3480. The number of amides is 10. The highest BCUT2D eigenvalue weighted by atomic mass is 16.4. The van der Waals surface area contributed by atoms with Crippen LogP contribution in [-0.2, 0) is 78.4 Å². The molecule has 10 amide bonds. The minimum absolute atomic E-state index is 0.0992. The smallest absolute Gasteiger partial charge is 0.305 e. The second kappa shape index (κ2) is 31.1. The van der Waals surface area contributed by atoms with Crippen molar-refractivity contribution in [2.75, 3.05) is 26.2 Å². The van der Waals surface area contributed by atoms with Crippen molar-refractivity contribution in [3.63, 3.8) is 0 Å². The molecule has 30 nitrogen and oxygen atoms in total. The van der Waals surface area contributed by atoms with E-state index in [1.807, 2.05) is 0 Å². The van der Waals surface area contributed by atoms with Crippen LogP contribution in [0.1, 0.15) is 80.8 Å². The van der Waals surface area contributed by atoms with Crippen molar-refractivity contribution >= 4 is 86.8 Å². The average Bonchev–Trinajstić information content (AvgIpc) is 2.33. The summed E-state index contributed by atoms with van der Waals surface area (Å²) >= 11 is 0. The molecule has 474 valence electrons. The molecule has 9 atom stereocenters. The molecule has 6 heterocycles. The minimum Gasteiger partial charge on any atom is -0.481 e. The number of imidazole rings is 2. The zero-order chi connectivity index (χ0) is 63.6. The molecule has 0 aliphatic carbocycles. The molecular formula is C59H75N17O13. The number of hydrogen-bond acceptors (Lipinski definition) is 15. The predicted octanol–water partition coefficient (Wildman–Crippen LogP) is -2.24. The first-order valence-corrected chi connectivity index (χ1v) is 29.5. The van der Waals surface area contributed by atoms with Gasteiger partial charge in [-0.3, -0.25) is 52.7 Å². The SMILES string of the molecule is CCNC(=O)[C@@H]1CCCN1C(=O)[C@H](CCCCN)NC(=O)[C@H](Cc1c[nH]c2ccccc12)NC(=O)[C@H](CC(=O)O)NC(=O)[C@H](Cc1cnc[nH]1)NC(=O)[C@H](CO)NC(=O)[C@H](Cc1c[nH]c2ccccc12)NC(=O)[C@H](Cc1cnc[nH]1)NC(=O)[C@@H]1CCC(=O)N1. The lowest BCUT2D eigenvalue weighted by molar-refractivity contribution is -0.142. The fraction of sp³-hybridized carbons (Fsp3) is 0.441. The van der Waals surface area contributed by atoms with Gasteiger partial charge in [0.05, 0.1) is 25.7 Å². The maximum Gasteiger partial charge on any atom is 0.305 e. The molecule has 2 saturated heterocycles. The van der Waals surface area contributed by atoms with Gasteiger partial charge in [0.1, 0.15) is 54.4 Å². The number of benzene rings is 2. The fourth-order valence-electron chi connectivity index (χ4n) is 11.0. The van der Waals surface area contributed by atoms with Crippen LogP contribution < -0.4 is 53.6 Å². The number of likely N-dealkylation sites (N-methyl/N-ethyl adjacent to an activating group) is 1. The Balaban J connectivity index is 1.02. The zero-order valence-corrected chi connectivity index (χ0v) is 48.9. The second-order valence-electron chi connectivity index (χ2n) is 21.9. The monoisotopic (exact) mass is 1230 g/mol. The maximum absolute atomic E-state index is 14.7. The number of hydrogen-bond donors (Lipinski definition) is 16. The third kappa shape index (κ3) is 17.4.